The first kappa shape index (κ1) is 23.0. The second kappa shape index (κ2) is 8.61. The van der Waals surface area contributed by atoms with E-state index in [0.29, 0.717) is 0 Å². The molecule has 29 heavy (non-hydrogen) atoms. The smallest absolute Gasteiger partial charge is 0.870 e. The van der Waals surface area contributed by atoms with Crippen molar-refractivity contribution in [1.82, 2.24) is 0 Å². The van der Waals surface area contributed by atoms with E-state index in [1.807, 2.05) is 0 Å². The molecule has 0 spiro atoms. The van der Waals surface area contributed by atoms with Gasteiger partial charge in [-0.3, -0.25) is 14.7 Å². The largest absolute Gasteiger partial charge is 1.00 e. The van der Waals surface area contributed by atoms with Crippen LogP contribution >= 0.6 is 11.6 Å². The van der Waals surface area contributed by atoms with Crippen LogP contribution in [0, 0.1) is 10.1 Å². The fourth-order valence-corrected chi connectivity index (χ4v) is 3.37. The maximum atomic E-state index is 12.0. The monoisotopic (exact) mass is 445 g/mol. The first-order valence-electron chi connectivity index (χ1n) is 7.38. The first-order valence-corrected chi connectivity index (χ1v) is 9.20. The molecule has 10 nitrogen and oxygen atoms in total. The van der Waals surface area contributed by atoms with Crippen LogP contribution in [0.1, 0.15) is 0 Å². The fraction of sp³-hybridized carbons (Fsp3) is 0. The molecule has 0 atom stereocenters. The van der Waals surface area contributed by atoms with Gasteiger partial charge in [-0.25, -0.2) is 0 Å². The van der Waals surface area contributed by atoms with Gasteiger partial charge < -0.3 is 10.2 Å². The number of benzene rings is 3. The number of hydrogen-bond donors (Lipinski definition) is 2. The molecule has 13 heteroatoms. The molecule has 0 radical (unpaired) electrons. The molecule has 3 aromatic carbocycles. The van der Waals surface area contributed by atoms with E-state index in [1.165, 1.54) is 24.3 Å². The maximum Gasteiger partial charge on any atom is 1.00 e. The molecule has 0 heterocycles. The van der Waals surface area contributed by atoms with Crippen LogP contribution in [-0.2, 0) is 10.1 Å². The standard InChI is InChI=1S/C16H10ClN3O7S.Na/c17-11-6-8(20(23)24)7-13(16(11)22)19-18-12-5-4-9-10(15(12)21)2-1-3-14(9)28(25,26)27;/h1-7,21-22H,(H,25,26,27);/q;+1/p-1. The summed E-state index contributed by atoms with van der Waals surface area (Å²) in [7, 11) is -4.52. The van der Waals surface area contributed by atoms with Gasteiger partial charge in [0, 0.05) is 27.9 Å². The summed E-state index contributed by atoms with van der Waals surface area (Å²) in [6, 6.07) is 8.11. The number of nitro groups is 1. The SMILES string of the molecule is O=[N+]([O-])c1cc(Cl)c([O-])c(N=Nc2ccc3c(S(=O)(=O)O)cccc3c2O)c1.[Na+]. The van der Waals surface area contributed by atoms with Crippen LogP contribution in [0.3, 0.4) is 0 Å². The van der Waals surface area contributed by atoms with Crippen molar-refractivity contribution >= 4 is 49.6 Å². The number of azo groups is 1. The van der Waals surface area contributed by atoms with E-state index in [1.54, 1.807) is 0 Å². The summed E-state index contributed by atoms with van der Waals surface area (Å²) in [6.07, 6.45) is 0. The number of phenolic OH excluding ortho intramolecular Hbond substituents is 1. The minimum absolute atomic E-state index is 0. The van der Waals surface area contributed by atoms with E-state index in [4.69, 9.17) is 11.6 Å². The molecule has 0 fully saturated rings. The topological polar surface area (TPSA) is 166 Å². The van der Waals surface area contributed by atoms with Crippen LogP contribution in [0.5, 0.6) is 11.5 Å². The summed E-state index contributed by atoms with van der Waals surface area (Å²) in [4.78, 5) is 9.71. The van der Waals surface area contributed by atoms with Crippen LogP contribution in [-0.4, -0.2) is 23.0 Å². The average molecular weight is 446 g/mol. The molecule has 2 N–H and O–H groups in total. The van der Waals surface area contributed by atoms with E-state index < -0.39 is 47.8 Å². The normalized spacial score (nSPS) is 11.5. The quantitative estimate of drug-likeness (QED) is 0.197. The molecule has 144 valence electrons. The molecule has 0 aromatic heterocycles. The number of nitrogens with zero attached hydrogens (tertiary/aromatic N) is 3. The van der Waals surface area contributed by atoms with Gasteiger partial charge in [-0.1, -0.05) is 35.5 Å². The van der Waals surface area contributed by atoms with E-state index in [9.17, 15) is 33.3 Å². The number of fused-ring (bicyclic) bond motifs is 1. The van der Waals surface area contributed by atoms with Crippen LogP contribution in [0.25, 0.3) is 10.8 Å². The zero-order valence-corrected chi connectivity index (χ0v) is 18.2. The number of phenols is 1. The molecule has 0 aliphatic rings. The van der Waals surface area contributed by atoms with Crippen molar-refractivity contribution in [2.75, 3.05) is 0 Å². The van der Waals surface area contributed by atoms with Crippen LogP contribution < -0.4 is 34.7 Å². The second-order valence-electron chi connectivity index (χ2n) is 5.49. The Labute approximate surface area is 190 Å². The summed E-state index contributed by atoms with van der Waals surface area (Å²) < 4.78 is 32.2. The minimum atomic E-state index is -4.52. The van der Waals surface area contributed by atoms with Gasteiger partial charge >= 0.3 is 29.6 Å². The zero-order valence-electron chi connectivity index (χ0n) is 14.6. The number of non-ortho nitro benzene ring substituents is 1. The van der Waals surface area contributed by atoms with Gasteiger partial charge in [-0.15, -0.1) is 5.11 Å². The van der Waals surface area contributed by atoms with Gasteiger partial charge in [-0.2, -0.15) is 13.5 Å². The Hall–Kier alpha value is -2.28. The molecule has 0 saturated carbocycles. The molecule has 0 saturated heterocycles. The maximum absolute atomic E-state index is 12.0. The Morgan fingerprint density at radius 2 is 1.69 bits per heavy atom. The van der Waals surface area contributed by atoms with Gasteiger partial charge in [-0.05, 0) is 12.1 Å². The average Bonchev–Trinajstić information content (AvgIpc) is 2.62. The predicted octanol–water partition coefficient (Wildman–Crippen LogP) is 0.847. The molecular formula is C16H9ClN3NaO7S. The van der Waals surface area contributed by atoms with Crippen molar-refractivity contribution in [3.8, 4) is 11.5 Å². The third kappa shape index (κ3) is 4.66. The summed E-state index contributed by atoms with van der Waals surface area (Å²) in [5.41, 5.74) is -1.01. The second-order valence-corrected chi connectivity index (χ2v) is 7.29. The predicted molar refractivity (Wildman–Crippen MR) is 97.2 cm³/mol. The molecule has 0 amide bonds. The van der Waals surface area contributed by atoms with Gasteiger partial charge in [0.05, 0.1) is 10.6 Å². The molecule has 0 bridgehead atoms. The molecule has 0 aliphatic heterocycles. The number of nitro benzene ring substituents is 1. The van der Waals surface area contributed by atoms with E-state index >= 15 is 0 Å². The summed E-state index contributed by atoms with van der Waals surface area (Å²) in [6.45, 7) is 0. The van der Waals surface area contributed by atoms with Crippen molar-refractivity contribution < 1.29 is 57.7 Å². The summed E-state index contributed by atoms with van der Waals surface area (Å²) in [5, 5.41) is 40.2. The Morgan fingerprint density at radius 3 is 2.31 bits per heavy atom. The minimum Gasteiger partial charge on any atom is -0.870 e. The first-order chi connectivity index (χ1) is 13.1. The fourth-order valence-electron chi connectivity index (χ4n) is 2.46. The number of aromatic hydroxyl groups is 1. The molecule has 3 rings (SSSR count). The van der Waals surface area contributed by atoms with E-state index in [2.05, 4.69) is 10.2 Å². The van der Waals surface area contributed by atoms with Crippen LogP contribution in [0.2, 0.25) is 5.02 Å². The van der Waals surface area contributed by atoms with Crippen LogP contribution in [0.15, 0.2) is 57.6 Å². The van der Waals surface area contributed by atoms with Gasteiger partial charge in [0.25, 0.3) is 15.8 Å². The van der Waals surface area contributed by atoms with Crippen molar-refractivity contribution in [1.29, 1.82) is 0 Å². The summed E-state index contributed by atoms with van der Waals surface area (Å²) >= 11 is 5.67. The molecular weight excluding hydrogens is 437 g/mol. The third-order valence-corrected chi connectivity index (χ3v) is 4.93. The molecule has 0 aliphatic carbocycles. The molecule has 3 aromatic rings. The number of rotatable bonds is 4. The van der Waals surface area contributed by atoms with Gasteiger partial charge in [0.2, 0.25) is 0 Å². The Balaban J connectivity index is 0.00000300. The Bertz CT molecular complexity index is 1270. The number of halogens is 1. The van der Waals surface area contributed by atoms with E-state index in [0.717, 1.165) is 18.2 Å². The van der Waals surface area contributed by atoms with Crippen molar-refractivity contribution in [3.63, 3.8) is 0 Å². The van der Waals surface area contributed by atoms with Gasteiger partial charge in [0.1, 0.15) is 10.6 Å². The van der Waals surface area contributed by atoms with Crippen molar-refractivity contribution in [2.24, 2.45) is 10.2 Å². The molecule has 0 unspecified atom stereocenters. The van der Waals surface area contributed by atoms with Crippen LogP contribution in [0.4, 0.5) is 17.1 Å². The van der Waals surface area contributed by atoms with E-state index in [-0.39, 0.29) is 46.0 Å². The van der Waals surface area contributed by atoms with Crippen molar-refractivity contribution in [3.05, 3.63) is 57.6 Å². The third-order valence-electron chi connectivity index (χ3n) is 3.73. The summed E-state index contributed by atoms with van der Waals surface area (Å²) in [5.74, 6) is -1.25. The Kier molecular flexibility index (Phi) is 6.83. The number of hydrogen-bond acceptors (Lipinski definition) is 8. The van der Waals surface area contributed by atoms with Gasteiger partial charge in [0.15, 0.2) is 5.75 Å². The zero-order chi connectivity index (χ0) is 20.6. The van der Waals surface area contributed by atoms with Crippen molar-refractivity contribution in [2.45, 2.75) is 4.90 Å². The Morgan fingerprint density at radius 1 is 1.03 bits per heavy atom.